The van der Waals surface area contributed by atoms with Crippen LogP contribution in [0.1, 0.15) is 58.8 Å². The topological polar surface area (TPSA) is 15.3 Å². The third kappa shape index (κ3) is 3.96. The number of nitrogens with zero attached hydrogens (tertiary/aromatic N) is 1. The molecule has 2 fully saturated rings. The van der Waals surface area contributed by atoms with Crippen molar-refractivity contribution in [2.24, 2.45) is 5.92 Å². The smallest absolute Gasteiger partial charge is 0.00953 e. The Kier molecular flexibility index (Phi) is 5.30. The zero-order valence-electron chi connectivity index (χ0n) is 11.8. The largest absolute Gasteiger partial charge is 0.311 e. The fraction of sp³-hybridized carbons (Fsp3) is 1.00. The van der Waals surface area contributed by atoms with E-state index in [2.05, 4.69) is 24.1 Å². The highest BCUT2D eigenvalue weighted by molar-refractivity contribution is 4.84. The van der Waals surface area contributed by atoms with Crippen molar-refractivity contribution in [1.82, 2.24) is 10.2 Å². The van der Waals surface area contributed by atoms with Gasteiger partial charge in [0.05, 0.1) is 0 Å². The van der Waals surface area contributed by atoms with E-state index < -0.39 is 0 Å². The summed E-state index contributed by atoms with van der Waals surface area (Å²) in [6, 6.07) is 1.61. The van der Waals surface area contributed by atoms with Crippen LogP contribution in [-0.4, -0.2) is 36.6 Å². The number of rotatable bonds is 4. The Balaban J connectivity index is 1.70. The average molecular weight is 238 g/mol. The average Bonchev–Trinajstić information content (AvgIpc) is 2.35. The van der Waals surface area contributed by atoms with Crippen molar-refractivity contribution < 1.29 is 0 Å². The number of piperidine rings is 1. The van der Waals surface area contributed by atoms with Crippen LogP contribution >= 0.6 is 0 Å². The second-order valence-corrected chi connectivity index (χ2v) is 6.15. The summed E-state index contributed by atoms with van der Waals surface area (Å²) in [7, 11) is 0. The van der Waals surface area contributed by atoms with Gasteiger partial charge in [0.1, 0.15) is 0 Å². The molecule has 2 nitrogen and oxygen atoms in total. The second kappa shape index (κ2) is 6.75. The van der Waals surface area contributed by atoms with E-state index in [1.54, 1.807) is 0 Å². The molecule has 0 bridgehead atoms. The first kappa shape index (κ1) is 13.4. The van der Waals surface area contributed by atoms with Crippen LogP contribution in [0.15, 0.2) is 0 Å². The van der Waals surface area contributed by atoms with Crippen LogP contribution in [-0.2, 0) is 0 Å². The van der Waals surface area contributed by atoms with E-state index in [4.69, 9.17) is 0 Å². The van der Waals surface area contributed by atoms with Gasteiger partial charge in [0.25, 0.3) is 0 Å². The Hall–Kier alpha value is -0.0800. The highest BCUT2D eigenvalue weighted by Gasteiger charge is 2.25. The summed E-state index contributed by atoms with van der Waals surface area (Å²) in [5.41, 5.74) is 0. The lowest BCUT2D eigenvalue weighted by Gasteiger charge is -2.37. The summed E-state index contributed by atoms with van der Waals surface area (Å²) in [4.78, 5) is 2.63. The van der Waals surface area contributed by atoms with Crippen molar-refractivity contribution in [3.05, 3.63) is 0 Å². The minimum absolute atomic E-state index is 0.800. The highest BCUT2D eigenvalue weighted by Crippen LogP contribution is 2.25. The van der Waals surface area contributed by atoms with E-state index in [0.29, 0.717) is 0 Å². The van der Waals surface area contributed by atoms with Crippen molar-refractivity contribution in [1.29, 1.82) is 0 Å². The molecule has 1 aliphatic heterocycles. The number of likely N-dealkylation sites (tertiary alicyclic amines) is 1. The molecule has 17 heavy (non-hydrogen) atoms. The van der Waals surface area contributed by atoms with Crippen LogP contribution in [0.2, 0.25) is 0 Å². The summed E-state index contributed by atoms with van der Waals surface area (Å²) in [6.07, 6.45) is 9.78. The first-order valence-corrected chi connectivity index (χ1v) is 7.78. The van der Waals surface area contributed by atoms with Crippen LogP contribution < -0.4 is 5.32 Å². The molecule has 0 aromatic heterocycles. The molecular weight excluding hydrogens is 208 g/mol. The van der Waals surface area contributed by atoms with E-state index in [1.807, 2.05) is 0 Å². The Morgan fingerprint density at radius 2 is 1.76 bits per heavy atom. The Morgan fingerprint density at radius 3 is 2.41 bits per heavy atom. The number of hydrogen-bond acceptors (Lipinski definition) is 2. The molecule has 0 spiro atoms. The van der Waals surface area contributed by atoms with Gasteiger partial charge in [0, 0.05) is 12.1 Å². The van der Waals surface area contributed by atoms with Crippen molar-refractivity contribution in [3.63, 3.8) is 0 Å². The van der Waals surface area contributed by atoms with Crippen molar-refractivity contribution in [3.8, 4) is 0 Å². The highest BCUT2D eigenvalue weighted by atomic mass is 15.1. The van der Waals surface area contributed by atoms with Gasteiger partial charge in [-0.25, -0.2) is 0 Å². The molecule has 0 amide bonds. The monoisotopic (exact) mass is 238 g/mol. The van der Waals surface area contributed by atoms with Gasteiger partial charge in [-0.2, -0.15) is 0 Å². The molecular formula is C15H30N2. The number of hydrogen-bond donors (Lipinski definition) is 1. The molecule has 1 saturated heterocycles. The van der Waals surface area contributed by atoms with Crippen LogP contribution in [0.3, 0.4) is 0 Å². The molecule has 0 aromatic carbocycles. The van der Waals surface area contributed by atoms with E-state index in [1.165, 1.54) is 64.6 Å². The third-order valence-corrected chi connectivity index (χ3v) is 4.69. The zero-order chi connectivity index (χ0) is 12.1. The van der Waals surface area contributed by atoms with Gasteiger partial charge >= 0.3 is 0 Å². The van der Waals surface area contributed by atoms with Crippen molar-refractivity contribution in [2.75, 3.05) is 19.6 Å². The van der Waals surface area contributed by atoms with Crippen LogP contribution in [0.4, 0.5) is 0 Å². The molecule has 0 aromatic rings. The SMILES string of the molecule is CCCN1CCC(NC2CCCCC2C)CC1. The maximum Gasteiger partial charge on any atom is 0.00953 e. The van der Waals surface area contributed by atoms with E-state index in [0.717, 1.165) is 18.0 Å². The first-order valence-electron chi connectivity index (χ1n) is 7.78. The molecule has 2 aliphatic rings. The number of nitrogens with one attached hydrogen (secondary N) is 1. The summed E-state index contributed by atoms with van der Waals surface area (Å²) < 4.78 is 0. The Morgan fingerprint density at radius 1 is 1.06 bits per heavy atom. The van der Waals surface area contributed by atoms with Gasteiger partial charge < -0.3 is 10.2 Å². The van der Waals surface area contributed by atoms with E-state index >= 15 is 0 Å². The van der Waals surface area contributed by atoms with Gasteiger partial charge in [0.15, 0.2) is 0 Å². The first-order chi connectivity index (χ1) is 8.29. The minimum atomic E-state index is 0.800. The molecule has 1 heterocycles. The van der Waals surface area contributed by atoms with Crippen molar-refractivity contribution in [2.45, 2.75) is 70.9 Å². The van der Waals surface area contributed by atoms with Crippen molar-refractivity contribution >= 4 is 0 Å². The molecule has 1 aliphatic carbocycles. The summed E-state index contributed by atoms with van der Waals surface area (Å²) in [5.74, 6) is 0.900. The summed E-state index contributed by atoms with van der Waals surface area (Å²) in [5, 5.41) is 3.94. The quantitative estimate of drug-likeness (QED) is 0.810. The van der Waals surface area contributed by atoms with Crippen LogP contribution in [0.5, 0.6) is 0 Å². The maximum atomic E-state index is 3.94. The van der Waals surface area contributed by atoms with Gasteiger partial charge in [-0.3, -0.25) is 0 Å². The summed E-state index contributed by atoms with van der Waals surface area (Å²) in [6.45, 7) is 8.64. The molecule has 1 saturated carbocycles. The Bertz CT molecular complexity index is 209. The fourth-order valence-corrected chi connectivity index (χ4v) is 3.51. The molecule has 100 valence electrons. The van der Waals surface area contributed by atoms with Crippen LogP contribution in [0, 0.1) is 5.92 Å². The van der Waals surface area contributed by atoms with Crippen LogP contribution in [0.25, 0.3) is 0 Å². The standard InChI is InChI=1S/C15H30N2/c1-3-10-17-11-8-14(9-12-17)16-15-7-5-4-6-13(15)2/h13-16H,3-12H2,1-2H3. The minimum Gasteiger partial charge on any atom is -0.311 e. The third-order valence-electron chi connectivity index (χ3n) is 4.69. The molecule has 2 heteroatoms. The van der Waals surface area contributed by atoms with Gasteiger partial charge in [-0.1, -0.05) is 26.7 Å². The molecule has 0 radical (unpaired) electrons. The van der Waals surface area contributed by atoms with E-state index in [9.17, 15) is 0 Å². The second-order valence-electron chi connectivity index (χ2n) is 6.15. The van der Waals surface area contributed by atoms with Gasteiger partial charge in [0.2, 0.25) is 0 Å². The molecule has 2 atom stereocenters. The lowest BCUT2D eigenvalue weighted by Crippen LogP contribution is -2.48. The summed E-state index contributed by atoms with van der Waals surface area (Å²) >= 11 is 0. The van der Waals surface area contributed by atoms with Gasteiger partial charge in [-0.05, 0) is 57.7 Å². The lowest BCUT2D eigenvalue weighted by atomic mass is 9.85. The maximum absolute atomic E-state index is 3.94. The predicted octanol–water partition coefficient (Wildman–Crippen LogP) is 3.03. The molecule has 1 N–H and O–H groups in total. The molecule has 2 rings (SSSR count). The lowest BCUT2D eigenvalue weighted by molar-refractivity contribution is 0.171. The Labute approximate surface area is 107 Å². The zero-order valence-corrected chi connectivity index (χ0v) is 11.8. The van der Waals surface area contributed by atoms with E-state index in [-0.39, 0.29) is 0 Å². The fourth-order valence-electron chi connectivity index (χ4n) is 3.51. The predicted molar refractivity (Wildman–Crippen MR) is 74.3 cm³/mol. The normalized spacial score (nSPS) is 32.8. The molecule has 2 unspecified atom stereocenters. The van der Waals surface area contributed by atoms with Gasteiger partial charge in [-0.15, -0.1) is 0 Å².